The third-order valence-electron chi connectivity index (χ3n) is 3.63. The van der Waals surface area contributed by atoms with Crippen LogP contribution < -0.4 is 10.5 Å². The molecule has 1 amide bonds. The van der Waals surface area contributed by atoms with Crippen LogP contribution in [-0.4, -0.2) is 27.5 Å². The minimum absolute atomic E-state index is 0.244. The number of hydrogen-bond donors (Lipinski definition) is 1. The van der Waals surface area contributed by atoms with Gasteiger partial charge in [0, 0.05) is 41.8 Å². The Hall–Kier alpha value is -1.77. The molecular formula is C15H17ClN4O3S. The number of thioether (sulfide) groups is 1. The first-order valence-electron chi connectivity index (χ1n) is 7.36. The zero-order chi connectivity index (χ0) is 17.1. The van der Waals surface area contributed by atoms with E-state index in [2.05, 4.69) is 10.2 Å². The second-order valence-corrected chi connectivity index (χ2v) is 6.76. The molecule has 1 aliphatic rings. The number of carbonyl (C=O) groups excluding carboxylic acids is 1. The molecule has 0 spiro atoms. The summed E-state index contributed by atoms with van der Waals surface area (Å²) in [6.45, 7) is 0.738. The minimum atomic E-state index is -0.350. The van der Waals surface area contributed by atoms with Crippen molar-refractivity contribution in [1.29, 1.82) is 0 Å². The van der Waals surface area contributed by atoms with Gasteiger partial charge in [0.05, 0.1) is 6.61 Å². The molecule has 0 atom stereocenters. The van der Waals surface area contributed by atoms with Crippen LogP contribution >= 0.6 is 23.4 Å². The largest absolute Gasteiger partial charge is 0.467 e. The Kier molecular flexibility index (Phi) is 5.27. The standard InChI is InChI=1S/C15H17ClN4O3S/c1-20-13(3-2-12(17)21)18-19-15(20)24-7-10-5-11(16)4-9-6-22-8-23-14(9)10/h4-5H,2-3,6-8H2,1H3,(H2,17,21). The van der Waals surface area contributed by atoms with Crippen LogP contribution in [0.1, 0.15) is 23.4 Å². The van der Waals surface area contributed by atoms with Gasteiger partial charge in [-0.05, 0) is 12.1 Å². The van der Waals surface area contributed by atoms with E-state index in [0.717, 1.165) is 27.9 Å². The summed E-state index contributed by atoms with van der Waals surface area (Å²) < 4.78 is 12.8. The summed E-state index contributed by atoms with van der Waals surface area (Å²) in [5.41, 5.74) is 7.11. The molecule has 1 aromatic carbocycles. The maximum atomic E-state index is 10.9. The summed E-state index contributed by atoms with van der Waals surface area (Å²) in [5, 5.41) is 9.69. The van der Waals surface area contributed by atoms with Crippen molar-refractivity contribution in [3.05, 3.63) is 34.1 Å². The molecule has 0 unspecified atom stereocenters. The summed E-state index contributed by atoms with van der Waals surface area (Å²) in [6, 6.07) is 3.75. The molecule has 3 rings (SSSR count). The summed E-state index contributed by atoms with van der Waals surface area (Å²) in [5.74, 6) is 1.85. The van der Waals surface area contributed by atoms with Gasteiger partial charge < -0.3 is 19.8 Å². The highest BCUT2D eigenvalue weighted by Gasteiger charge is 2.18. The molecular weight excluding hydrogens is 352 g/mol. The van der Waals surface area contributed by atoms with Crippen molar-refractivity contribution in [2.24, 2.45) is 12.8 Å². The van der Waals surface area contributed by atoms with Gasteiger partial charge >= 0.3 is 0 Å². The van der Waals surface area contributed by atoms with Crippen LogP contribution in [0, 0.1) is 0 Å². The van der Waals surface area contributed by atoms with Gasteiger partial charge in [0.2, 0.25) is 5.91 Å². The van der Waals surface area contributed by atoms with Gasteiger partial charge in [-0.3, -0.25) is 4.79 Å². The molecule has 7 nitrogen and oxygen atoms in total. The van der Waals surface area contributed by atoms with E-state index < -0.39 is 0 Å². The van der Waals surface area contributed by atoms with Crippen molar-refractivity contribution >= 4 is 29.3 Å². The van der Waals surface area contributed by atoms with E-state index in [4.69, 9.17) is 26.8 Å². The van der Waals surface area contributed by atoms with Gasteiger partial charge in [0.25, 0.3) is 0 Å². The Morgan fingerprint density at radius 2 is 2.29 bits per heavy atom. The van der Waals surface area contributed by atoms with Crippen LogP contribution in [0.2, 0.25) is 5.02 Å². The number of aromatic nitrogens is 3. The fourth-order valence-corrected chi connectivity index (χ4v) is 3.59. The number of nitrogens with two attached hydrogens (primary N) is 1. The summed E-state index contributed by atoms with van der Waals surface area (Å²) in [4.78, 5) is 10.9. The Bertz CT molecular complexity index is 765. The highest BCUT2D eigenvalue weighted by Crippen LogP contribution is 2.35. The average molecular weight is 369 g/mol. The average Bonchev–Trinajstić information content (AvgIpc) is 2.90. The van der Waals surface area contributed by atoms with Gasteiger partial charge in [-0.1, -0.05) is 23.4 Å². The number of primary amides is 1. The van der Waals surface area contributed by atoms with Crippen LogP contribution in [-0.2, 0) is 35.4 Å². The van der Waals surface area contributed by atoms with Crippen LogP contribution in [0.3, 0.4) is 0 Å². The topological polar surface area (TPSA) is 92.3 Å². The van der Waals surface area contributed by atoms with Crippen LogP contribution in [0.4, 0.5) is 0 Å². The lowest BCUT2D eigenvalue weighted by Gasteiger charge is -2.20. The fraction of sp³-hybridized carbons (Fsp3) is 0.400. The number of rotatable bonds is 6. The van der Waals surface area contributed by atoms with Crippen molar-refractivity contribution in [3.8, 4) is 5.75 Å². The number of amides is 1. The number of nitrogens with zero attached hydrogens (tertiary/aromatic N) is 3. The van der Waals surface area contributed by atoms with Crippen molar-refractivity contribution < 1.29 is 14.3 Å². The SMILES string of the molecule is Cn1c(CCC(N)=O)nnc1SCc1cc(Cl)cc2c1OCOC2. The number of ether oxygens (including phenoxy) is 2. The van der Waals surface area contributed by atoms with Gasteiger partial charge in [-0.15, -0.1) is 10.2 Å². The third kappa shape index (κ3) is 3.82. The maximum absolute atomic E-state index is 10.9. The van der Waals surface area contributed by atoms with E-state index in [1.54, 1.807) is 0 Å². The molecule has 128 valence electrons. The zero-order valence-electron chi connectivity index (χ0n) is 13.1. The zero-order valence-corrected chi connectivity index (χ0v) is 14.7. The van der Waals surface area contributed by atoms with E-state index in [-0.39, 0.29) is 19.1 Å². The smallest absolute Gasteiger partial charge is 0.217 e. The van der Waals surface area contributed by atoms with E-state index in [1.165, 1.54) is 11.8 Å². The van der Waals surface area contributed by atoms with Crippen LogP contribution in [0.15, 0.2) is 17.3 Å². The van der Waals surface area contributed by atoms with Crippen LogP contribution in [0.25, 0.3) is 0 Å². The first-order chi connectivity index (χ1) is 11.5. The number of halogens is 1. The summed E-state index contributed by atoms with van der Waals surface area (Å²) in [6.07, 6.45) is 0.735. The van der Waals surface area contributed by atoms with Gasteiger partial charge in [-0.25, -0.2) is 0 Å². The molecule has 2 aromatic rings. The lowest BCUT2D eigenvalue weighted by Crippen LogP contribution is -2.13. The highest BCUT2D eigenvalue weighted by atomic mass is 35.5. The normalized spacial score (nSPS) is 13.4. The predicted molar refractivity (Wildman–Crippen MR) is 89.8 cm³/mol. The molecule has 1 aromatic heterocycles. The summed E-state index contributed by atoms with van der Waals surface area (Å²) >= 11 is 7.70. The molecule has 0 aliphatic carbocycles. The molecule has 1 aliphatic heterocycles. The van der Waals surface area contributed by atoms with E-state index in [9.17, 15) is 4.79 Å². The molecule has 9 heteroatoms. The van der Waals surface area contributed by atoms with Crippen LogP contribution in [0.5, 0.6) is 5.75 Å². The van der Waals surface area contributed by atoms with Crippen molar-refractivity contribution in [2.45, 2.75) is 30.4 Å². The minimum Gasteiger partial charge on any atom is -0.467 e. The number of benzene rings is 1. The lowest BCUT2D eigenvalue weighted by atomic mass is 10.1. The number of fused-ring (bicyclic) bond motifs is 1. The predicted octanol–water partition coefficient (Wildman–Crippen LogP) is 2.05. The highest BCUT2D eigenvalue weighted by molar-refractivity contribution is 7.98. The van der Waals surface area contributed by atoms with Crippen molar-refractivity contribution in [2.75, 3.05) is 6.79 Å². The molecule has 2 N–H and O–H groups in total. The fourth-order valence-electron chi connectivity index (χ4n) is 2.43. The van der Waals surface area contributed by atoms with Gasteiger partial charge in [0.15, 0.2) is 11.9 Å². The first kappa shape index (κ1) is 17.1. The second-order valence-electron chi connectivity index (χ2n) is 5.38. The third-order valence-corrected chi connectivity index (χ3v) is 4.92. The van der Waals surface area contributed by atoms with E-state index in [0.29, 0.717) is 23.8 Å². The van der Waals surface area contributed by atoms with Gasteiger partial charge in [-0.2, -0.15) is 0 Å². The first-order valence-corrected chi connectivity index (χ1v) is 8.72. The monoisotopic (exact) mass is 368 g/mol. The van der Waals surface area contributed by atoms with Gasteiger partial charge in [0.1, 0.15) is 11.6 Å². The Balaban J connectivity index is 1.72. The van der Waals surface area contributed by atoms with Crippen molar-refractivity contribution in [1.82, 2.24) is 14.8 Å². The lowest BCUT2D eigenvalue weighted by molar-refractivity contribution is -0.118. The maximum Gasteiger partial charge on any atom is 0.217 e. The quantitative estimate of drug-likeness (QED) is 0.784. The molecule has 0 radical (unpaired) electrons. The molecule has 0 saturated carbocycles. The molecule has 0 fully saturated rings. The summed E-state index contributed by atoms with van der Waals surface area (Å²) in [7, 11) is 1.87. The Morgan fingerprint density at radius 3 is 3.08 bits per heavy atom. The molecule has 0 saturated heterocycles. The number of aryl methyl sites for hydroxylation is 1. The van der Waals surface area contributed by atoms with E-state index in [1.807, 2.05) is 23.7 Å². The molecule has 24 heavy (non-hydrogen) atoms. The molecule has 0 bridgehead atoms. The Morgan fingerprint density at radius 1 is 1.46 bits per heavy atom. The number of carbonyl (C=O) groups is 1. The Labute approximate surface area is 148 Å². The van der Waals surface area contributed by atoms with E-state index >= 15 is 0 Å². The molecule has 2 heterocycles. The second kappa shape index (κ2) is 7.42. The number of hydrogen-bond acceptors (Lipinski definition) is 6. The van der Waals surface area contributed by atoms with Crippen molar-refractivity contribution in [3.63, 3.8) is 0 Å².